The Morgan fingerprint density at radius 1 is 0.864 bits per heavy atom. The monoisotopic (exact) mass is 287 g/mol. The van der Waals surface area contributed by atoms with Gasteiger partial charge in [-0.3, -0.25) is 0 Å². The van der Waals surface area contributed by atoms with Crippen molar-refractivity contribution in [1.82, 2.24) is 4.98 Å². The molecule has 0 radical (unpaired) electrons. The van der Waals surface area contributed by atoms with Gasteiger partial charge in [-0.25, -0.2) is 4.98 Å². The zero-order valence-electron chi connectivity index (χ0n) is 11.7. The van der Waals surface area contributed by atoms with Gasteiger partial charge in [-0.2, -0.15) is 0 Å². The second-order valence-corrected chi connectivity index (χ2v) is 5.07. The molecule has 0 saturated carbocycles. The summed E-state index contributed by atoms with van der Waals surface area (Å²) in [5.41, 5.74) is 3.38. The number of rotatable bonds is 2. The lowest BCUT2D eigenvalue weighted by atomic mass is 9.99. The lowest BCUT2D eigenvalue weighted by Crippen LogP contribution is -1.89. The molecule has 3 nitrogen and oxygen atoms in total. The minimum Gasteiger partial charge on any atom is -0.506 e. The number of aromatic hydroxyl groups is 1. The first-order valence-electron chi connectivity index (χ1n) is 7.05. The molecular weight excluding hydrogens is 274 g/mol. The summed E-state index contributed by atoms with van der Waals surface area (Å²) < 4.78 is 5.46. The zero-order valence-corrected chi connectivity index (χ0v) is 11.7. The minimum atomic E-state index is 0.170. The third kappa shape index (κ3) is 2.04. The van der Waals surface area contributed by atoms with E-state index in [2.05, 4.69) is 4.98 Å². The number of nitrogens with zero attached hydrogens (tertiary/aromatic N) is 1. The molecule has 0 atom stereocenters. The van der Waals surface area contributed by atoms with Crippen LogP contribution in [0.1, 0.15) is 0 Å². The summed E-state index contributed by atoms with van der Waals surface area (Å²) in [4.78, 5) is 4.56. The Kier molecular flexibility index (Phi) is 2.90. The van der Waals surface area contributed by atoms with Gasteiger partial charge < -0.3 is 9.52 Å². The number of fused-ring (bicyclic) bond motifs is 1. The fraction of sp³-hybridized carbons (Fsp3) is 0. The molecule has 106 valence electrons. The molecule has 0 aliphatic rings. The van der Waals surface area contributed by atoms with Gasteiger partial charge in [0.2, 0.25) is 0 Å². The molecule has 22 heavy (non-hydrogen) atoms. The minimum absolute atomic E-state index is 0.170. The van der Waals surface area contributed by atoms with Crippen LogP contribution in [0, 0.1) is 0 Å². The molecule has 2 aromatic carbocycles. The van der Waals surface area contributed by atoms with Crippen molar-refractivity contribution in [3.8, 4) is 28.3 Å². The Labute approximate surface area is 127 Å². The van der Waals surface area contributed by atoms with Crippen LogP contribution in [-0.2, 0) is 0 Å². The number of phenols is 1. The highest BCUT2D eigenvalue weighted by atomic mass is 16.3. The fourth-order valence-corrected chi connectivity index (χ4v) is 2.64. The van der Waals surface area contributed by atoms with Crippen molar-refractivity contribution in [3.05, 3.63) is 73.0 Å². The summed E-state index contributed by atoms with van der Waals surface area (Å²) in [6, 6.07) is 21.2. The molecule has 0 bridgehead atoms. The van der Waals surface area contributed by atoms with E-state index < -0.39 is 0 Å². The largest absolute Gasteiger partial charge is 0.506 e. The molecule has 0 aliphatic carbocycles. The highest BCUT2D eigenvalue weighted by Gasteiger charge is 2.12. The van der Waals surface area contributed by atoms with E-state index in [0.717, 1.165) is 16.5 Å². The van der Waals surface area contributed by atoms with Gasteiger partial charge in [0.05, 0.1) is 6.26 Å². The molecule has 4 aromatic rings. The van der Waals surface area contributed by atoms with Crippen LogP contribution in [0.5, 0.6) is 5.75 Å². The molecule has 0 amide bonds. The fourth-order valence-electron chi connectivity index (χ4n) is 2.64. The maximum absolute atomic E-state index is 10.2. The van der Waals surface area contributed by atoms with Crippen molar-refractivity contribution in [1.29, 1.82) is 0 Å². The van der Waals surface area contributed by atoms with Crippen molar-refractivity contribution in [2.24, 2.45) is 0 Å². The van der Waals surface area contributed by atoms with Crippen LogP contribution in [0.4, 0.5) is 0 Å². The van der Waals surface area contributed by atoms with E-state index in [1.165, 1.54) is 0 Å². The molecule has 1 N–H and O–H groups in total. The lowest BCUT2D eigenvalue weighted by Gasteiger charge is -2.10. The second-order valence-electron chi connectivity index (χ2n) is 5.07. The summed E-state index contributed by atoms with van der Waals surface area (Å²) in [5.74, 6) is 0.852. The van der Waals surface area contributed by atoms with E-state index in [0.29, 0.717) is 17.0 Å². The predicted octanol–water partition coefficient (Wildman–Crippen LogP) is 4.87. The number of furan rings is 1. The Morgan fingerprint density at radius 3 is 2.50 bits per heavy atom. The molecule has 0 saturated heterocycles. The van der Waals surface area contributed by atoms with E-state index in [-0.39, 0.29) is 5.75 Å². The van der Waals surface area contributed by atoms with Gasteiger partial charge in [0.25, 0.3) is 0 Å². The number of hydrogen-bond acceptors (Lipinski definition) is 3. The average Bonchev–Trinajstić information content (AvgIpc) is 3.10. The molecular formula is C19H13NO2. The van der Waals surface area contributed by atoms with Gasteiger partial charge >= 0.3 is 0 Å². The molecule has 0 fully saturated rings. The Morgan fingerprint density at radius 2 is 1.73 bits per heavy atom. The van der Waals surface area contributed by atoms with Gasteiger partial charge in [-0.05, 0) is 35.4 Å². The van der Waals surface area contributed by atoms with E-state index >= 15 is 0 Å². The van der Waals surface area contributed by atoms with Crippen molar-refractivity contribution in [2.75, 3.05) is 0 Å². The summed E-state index contributed by atoms with van der Waals surface area (Å²) in [5, 5.41) is 11.1. The zero-order chi connectivity index (χ0) is 14.9. The second kappa shape index (κ2) is 5.04. The maximum Gasteiger partial charge on any atom is 0.152 e. The molecule has 0 unspecified atom stereocenters. The Bertz CT molecular complexity index is 928. The maximum atomic E-state index is 10.2. The SMILES string of the molecule is Oc1cccc2c(-c3ccccc3)cc(-c3ccco3)nc12. The predicted molar refractivity (Wildman–Crippen MR) is 86.5 cm³/mol. The third-order valence-electron chi connectivity index (χ3n) is 3.68. The first-order valence-corrected chi connectivity index (χ1v) is 7.05. The lowest BCUT2D eigenvalue weighted by molar-refractivity contribution is 0.480. The van der Waals surface area contributed by atoms with E-state index in [9.17, 15) is 5.11 Å². The number of para-hydroxylation sites is 1. The Hall–Kier alpha value is -3.07. The quantitative estimate of drug-likeness (QED) is 0.572. The normalized spacial score (nSPS) is 10.9. The molecule has 0 spiro atoms. The molecule has 0 aliphatic heterocycles. The van der Waals surface area contributed by atoms with Gasteiger partial charge in [0.15, 0.2) is 5.76 Å². The van der Waals surface area contributed by atoms with Crippen molar-refractivity contribution in [3.63, 3.8) is 0 Å². The van der Waals surface area contributed by atoms with Crippen molar-refractivity contribution in [2.45, 2.75) is 0 Å². The van der Waals surface area contributed by atoms with Crippen LogP contribution in [0.25, 0.3) is 33.5 Å². The number of phenolic OH excluding ortho intramolecular Hbond substituents is 1. The highest BCUT2D eigenvalue weighted by Crippen LogP contribution is 2.35. The van der Waals surface area contributed by atoms with E-state index in [1.54, 1.807) is 12.3 Å². The molecule has 4 rings (SSSR count). The molecule has 3 heteroatoms. The van der Waals surface area contributed by atoms with Crippen LogP contribution >= 0.6 is 0 Å². The van der Waals surface area contributed by atoms with E-state index in [1.807, 2.05) is 60.7 Å². The van der Waals surface area contributed by atoms with Crippen molar-refractivity contribution < 1.29 is 9.52 Å². The van der Waals surface area contributed by atoms with Gasteiger partial charge in [0, 0.05) is 5.39 Å². The van der Waals surface area contributed by atoms with Crippen LogP contribution in [0.15, 0.2) is 77.4 Å². The van der Waals surface area contributed by atoms with Crippen LogP contribution in [0.2, 0.25) is 0 Å². The number of aromatic nitrogens is 1. The molecule has 2 heterocycles. The van der Waals surface area contributed by atoms with Gasteiger partial charge in [-0.15, -0.1) is 0 Å². The number of pyridine rings is 1. The average molecular weight is 287 g/mol. The summed E-state index contributed by atoms with van der Waals surface area (Å²) in [7, 11) is 0. The van der Waals surface area contributed by atoms with Gasteiger partial charge in [0.1, 0.15) is 17.0 Å². The third-order valence-corrected chi connectivity index (χ3v) is 3.68. The number of hydrogen-bond donors (Lipinski definition) is 1. The highest BCUT2D eigenvalue weighted by molar-refractivity contribution is 5.99. The standard InChI is InChI=1S/C19H13NO2/c21-17-9-4-8-14-15(13-6-2-1-3-7-13)12-16(20-19(14)17)18-10-5-11-22-18/h1-12,21H. The van der Waals surface area contributed by atoms with Crippen LogP contribution in [0.3, 0.4) is 0 Å². The van der Waals surface area contributed by atoms with E-state index in [4.69, 9.17) is 4.42 Å². The van der Waals surface area contributed by atoms with Gasteiger partial charge in [-0.1, -0.05) is 42.5 Å². The summed E-state index contributed by atoms with van der Waals surface area (Å²) in [6.07, 6.45) is 1.62. The summed E-state index contributed by atoms with van der Waals surface area (Å²) >= 11 is 0. The Balaban J connectivity index is 2.08. The smallest absolute Gasteiger partial charge is 0.152 e. The molecule has 2 aromatic heterocycles. The summed E-state index contributed by atoms with van der Waals surface area (Å²) in [6.45, 7) is 0. The van der Waals surface area contributed by atoms with Crippen LogP contribution in [-0.4, -0.2) is 10.1 Å². The van der Waals surface area contributed by atoms with Crippen molar-refractivity contribution >= 4 is 10.9 Å². The number of benzene rings is 2. The first-order chi connectivity index (χ1) is 10.8. The van der Waals surface area contributed by atoms with Crippen LogP contribution < -0.4 is 0 Å². The topological polar surface area (TPSA) is 46.3 Å². The first kappa shape index (κ1) is 12.7.